The Bertz CT molecular complexity index is 525. The van der Waals surface area contributed by atoms with Crippen LogP contribution in [0.3, 0.4) is 0 Å². The topological polar surface area (TPSA) is 84.9 Å². The highest BCUT2D eigenvalue weighted by Gasteiger charge is 2.35. The maximum atomic E-state index is 11.8. The van der Waals surface area contributed by atoms with Gasteiger partial charge in [-0.2, -0.15) is 0 Å². The molecular formula is C15H21NO5. The van der Waals surface area contributed by atoms with Crippen molar-refractivity contribution < 1.29 is 24.2 Å². The smallest absolute Gasteiger partial charge is 0.318 e. The fourth-order valence-corrected chi connectivity index (χ4v) is 1.67. The number of benzene rings is 1. The Morgan fingerprint density at radius 3 is 2.33 bits per heavy atom. The molecule has 2 N–H and O–H groups in total. The monoisotopic (exact) mass is 295 g/mol. The summed E-state index contributed by atoms with van der Waals surface area (Å²) >= 11 is 0. The van der Waals surface area contributed by atoms with E-state index in [9.17, 15) is 9.59 Å². The molecule has 1 rings (SSSR count). The van der Waals surface area contributed by atoms with Crippen molar-refractivity contribution in [2.75, 3.05) is 20.8 Å². The number of aliphatic carboxylic acids is 1. The molecule has 0 atom stereocenters. The molecule has 6 heteroatoms. The van der Waals surface area contributed by atoms with Crippen molar-refractivity contribution in [2.24, 2.45) is 5.41 Å². The molecule has 116 valence electrons. The Morgan fingerprint density at radius 2 is 1.81 bits per heavy atom. The first-order valence-corrected chi connectivity index (χ1v) is 6.55. The number of amides is 1. The van der Waals surface area contributed by atoms with Gasteiger partial charge in [0, 0.05) is 6.54 Å². The standard InChI is InChI=1S/C15H21NO5/c1-15(2,14(18)19)13(17)16-8-7-10-5-6-11(20-3)12(9-10)21-4/h5-6,9H,7-8H2,1-4H3,(H,16,17)(H,18,19). The number of carboxylic acid groups (broad SMARTS) is 1. The molecular weight excluding hydrogens is 274 g/mol. The van der Waals surface area contributed by atoms with Gasteiger partial charge in [-0.3, -0.25) is 9.59 Å². The second kappa shape index (κ2) is 6.97. The summed E-state index contributed by atoms with van der Waals surface area (Å²) in [6.45, 7) is 3.10. The Kier molecular flexibility index (Phi) is 5.58. The molecule has 0 unspecified atom stereocenters. The number of carbonyl (C=O) groups is 2. The van der Waals surface area contributed by atoms with E-state index in [0.717, 1.165) is 5.56 Å². The SMILES string of the molecule is COc1ccc(CCNC(=O)C(C)(C)C(=O)O)cc1OC. The van der Waals surface area contributed by atoms with Crippen molar-refractivity contribution in [3.8, 4) is 11.5 Å². The molecule has 0 fully saturated rings. The summed E-state index contributed by atoms with van der Waals surface area (Å²) in [5.41, 5.74) is -0.474. The third-order valence-electron chi connectivity index (χ3n) is 3.25. The van der Waals surface area contributed by atoms with Crippen LogP contribution in [0.4, 0.5) is 0 Å². The van der Waals surface area contributed by atoms with E-state index in [2.05, 4.69) is 5.32 Å². The summed E-state index contributed by atoms with van der Waals surface area (Å²) in [6, 6.07) is 5.49. The molecule has 0 aliphatic heterocycles. The van der Waals surface area contributed by atoms with Crippen molar-refractivity contribution in [3.63, 3.8) is 0 Å². The van der Waals surface area contributed by atoms with E-state index < -0.39 is 17.3 Å². The van der Waals surface area contributed by atoms with Crippen LogP contribution in [0.25, 0.3) is 0 Å². The van der Waals surface area contributed by atoms with Crippen molar-refractivity contribution in [3.05, 3.63) is 23.8 Å². The molecule has 6 nitrogen and oxygen atoms in total. The minimum Gasteiger partial charge on any atom is -0.493 e. The van der Waals surface area contributed by atoms with Gasteiger partial charge in [0.05, 0.1) is 14.2 Å². The largest absolute Gasteiger partial charge is 0.493 e. The van der Waals surface area contributed by atoms with Crippen LogP contribution in [0, 0.1) is 5.41 Å². The van der Waals surface area contributed by atoms with E-state index in [0.29, 0.717) is 24.5 Å². The summed E-state index contributed by atoms with van der Waals surface area (Å²) in [6.07, 6.45) is 0.571. The zero-order chi connectivity index (χ0) is 16.0. The van der Waals surface area contributed by atoms with Crippen LogP contribution in [0.15, 0.2) is 18.2 Å². The highest BCUT2D eigenvalue weighted by molar-refractivity contribution is 6.00. The number of rotatable bonds is 7. The first-order chi connectivity index (χ1) is 9.82. The van der Waals surface area contributed by atoms with Crippen LogP contribution < -0.4 is 14.8 Å². The van der Waals surface area contributed by atoms with Gasteiger partial charge in [0.1, 0.15) is 5.41 Å². The molecule has 0 heterocycles. The summed E-state index contributed by atoms with van der Waals surface area (Å²) in [5, 5.41) is 11.6. The normalized spacial score (nSPS) is 10.9. The number of carbonyl (C=O) groups excluding carboxylic acids is 1. The average Bonchev–Trinajstić information content (AvgIpc) is 2.46. The third-order valence-corrected chi connectivity index (χ3v) is 3.25. The van der Waals surface area contributed by atoms with Crippen molar-refractivity contribution in [1.29, 1.82) is 0 Å². The third kappa shape index (κ3) is 4.11. The minimum atomic E-state index is -1.43. The Balaban J connectivity index is 2.61. The van der Waals surface area contributed by atoms with E-state index in [1.54, 1.807) is 20.3 Å². The van der Waals surface area contributed by atoms with Gasteiger partial charge in [-0.05, 0) is 38.0 Å². The molecule has 1 amide bonds. The molecule has 0 saturated carbocycles. The van der Waals surface area contributed by atoms with E-state index in [1.807, 2.05) is 12.1 Å². The first kappa shape index (κ1) is 16.8. The van der Waals surface area contributed by atoms with Crippen LogP contribution in [0.5, 0.6) is 11.5 Å². The maximum absolute atomic E-state index is 11.8. The van der Waals surface area contributed by atoms with E-state index in [4.69, 9.17) is 14.6 Å². The van der Waals surface area contributed by atoms with Crippen LogP contribution in [-0.4, -0.2) is 37.7 Å². The first-order valence-electron chi connectivity index (χ1n) is 6.55. The second-order valence-electron chi connectivity index (χ2n) is 5.13. The summed E-state index contributed by atoms with van der Waals surface area (Å²) < 4.78 is 10.3. The van der Waals surface area contributed by atoms with Crippen LogP contribution in [-0.2, 0) is 16.0 Å². The second-order valence-corrected chi connectivity index (χ2v) is 5.13. The highest BCUT2D eigenvalue weighted by Crippen LogP contribution is 2.27. The van der Waals surface area contributed by atoms with E-state index in [1.165, 1.54) is 13.8 Å². The lowest BCUT2D eigenvalue weighted by molar-refractivity contribution is -0.153. The summed E-state index contributed by atoms with van der Waals surface area (Å²) in [4.78, 5) is 22.7. The maximum Gasteiger partial charge on any atom is 0.318 e. The zero-order valence-corrected chi connectivity index (χ0v) is 12.7. The fourth-order valence-electron chi connectivity index (χ4n) is 1.67. The number of hydrogen-bond acceptors (Lipinski definition) is 4. The van der Waals surface area contributed by atoms with Crippen molar-refractivity contribution in [2.45, 2.75) is 20.3 Å². The highest BCUT2D eigenvalue weighted by atomic mass is 16.5. The average molecular weight is 295 g/mol. The van der Waals surface area contributed by atoms with Gasteiger partial charge in [-0.15, -0.1) is 0 Å². The lowest BCUT2D eigenvalue weighted by Crippen LogP contribution is -2.42. The van der Waals surface area contributed by atoms with Crippen molar-refractivity contribution in [1.82, 2.24) is 5.32 Å². The number of ether oxygens (including phenoxy) is 2. The van der Waals surface area contributed by atoms with E-state index >= 15 is 0 Å². The molecule has 0 aliphatic carbocycles. The minimum absolute atomic E-state index is 0.352. The van der Waals surface area contributed by atoms with Gasteiger partial charge >= 0.3 is 5.97 Å². The quantitative estimate of drug-likeness (QED) is 0.744. The molecule has 0 aliphatic rings. The predicted molar refractivity (Wildman–Crippen MR) is 77.7 cm³/mol. The molecule has 21 heavy (non-hydrogen) atoms. The van der Waals surface area contributed by atoms with Gasteiger partial charge < -0.3 is 19.9 Å². The van der Waals surface area contributed by atoms with Crippen LogP contribution >= 0.6 is 0 Å². The molecule has 0 aromatic heterocycles. The predicted octanol–water partition coefficient (Wildman–Crippen LogP) is 1.47. The number of hydrogen-bond donors (Lipinski definition) is 2. The number of methoxy groups -OCH3 is 2. The number of nitrogens with one attached hydrogen (secondary N) is 1. The summed E-state index contributed by atoms with van der Waals surface area (Å²) in [5.74, 6) is -0.397. The summed E-state index contributed by atoms with van der Waals surface area (Å²) in [7, 11) is 3.12. The molecule has 1 aromatic rings. The molecule has 0 saturated heterocycles. The van der Waals surface area contributed by atoms with Crippen LogP contribution in [0.2, 0.25) is 0 Å². The number of carboxylic acids is 1. The van der Waals surface area contributed by atoms with Crippen LogP contribution in [0.1, 0.15) is 19.4 Å². The van der Waals surface area contributed by atoms with Gasteiger partial charge in [0.2, 0.25) is 5.91 Å². The van der Waals surface area contributed by atoms with E-state index in [-0.39, 0.29) is 0 Å². The van der Waals surface area contributed by atoms with Gasteiger partial charge in [0.15, 0.2) is 11.5 Å². The Morgan fingerprint density at radius 1 is 1.19 bits per heavy atom. The molecule has 0 radical (unpaired) electrons. The van der Waals surface area contributed by atoms with Crippen molar-refractivity contribution >= 4 is 11.9 Å². The molecule has 0 bridgehead atoms. The molecule has 0 spiro atoms. The molecule has 1 aromatic carbocycles. The van der Waals surface area contributed by atoms with Gasteiger partial charge in [-0.1, -0.05) is 6.07 Å². The lowest BCUT2D eigenvalue weighted by Gasteiger charge is -2.18. The lowest BCUT2D eigenvalue weighted by atomic mass is 9.92. The Hall–Kier alpha value is -2.24. The van der Waals surface area contributed by atoms with Gasteiger partial charge in [0.25, 0.3) is 0 Å². The van der Waals surface area contributed by atoms with Gasteiger partial charge in [-0.25, -0.2) is 0 Å². The zero-order valence-electron chi connectivity index (χ0n) is 12.7. The Labute approximate surface area is 124 Å². The fraction of sp³-hybridized carbons (Fsp3) is 0.467.